The molecular formula is C28H31ClN6. The van der Waals surface area contributed by atoms with Crippen molar-refractivity contribution in [2.24, 2.45) is 0 Å². The number of halogens is 1. The molecule has 2 aliphatic rings. The van der Waals surface area contributed by atoms with Gasteiger partial charge in [-0.15, -0.1) is 0 Å². The van der Waals surface area contributed by atoms with Gasteiger partial charge in [-0.25, -0.2) is 9.97 Å². The zero-order valence-corrected chi connectivity index (χ0v) is 20.9. The fourth-order valence-electron chi connectivity index (χ4n) is 5.19. The largest absolute Gasteiger partial charge is 0.321 e. The highest BCUT2D eigenvalue weighted by Gasteiger charge is 2.27. The van der Waals surface area contributed by atoms with Gasteiger partial charge in [0.05, 0.1) is 29.1 Å². The summed E-state index contributed by atoms with van der Waals surface area (Å²) in [5.74, 6) is 1.06. The third kappa shape index (κ3) is 4.91. The van der Waals surface area contributed by atoms with Crippen LogP contribution in [0.2, 0.25) is 5.02 Å². The zero-order chi connectivity index (χ0) is 23.8. The Morgan fingerprint density at radius 2 is 1.83 bits per heavy atom. The van der Waals surface area contributed by atoms with Crippen molar-refractivity contribution in [3.05, 3.63) is 76.7 Å². The molecule has 0 atom stereocenters. The Kier molecular flexibility index (Phi) is 6.17. The number of nitrogens with one attached hydrogen (secondary N) is 1. The van der Waals surface area contributed by atoms with E-state index >= 15 is 0 Å². The van der Waals surface area contributed by atoms with Crippen LogP contribution in [0.5, 0.6) is 0 Å². The summed E-state index contributed by atoms with van der Waals surface area (Å²) in [5, 5.41) is 9.70. The second-order valence-electron chi connectivity index (χ2n) is 9.92. The molecule has 6 rings (SSSR count). The molecule has 0 amide bonds. The van der Waals surface area contributed by atoms with Gasteiger partial charge in [0.15, 0.2) is 0 Å². The minimum absolute atomic E-state index is 0.463. The minimum atomic E-state index is 0.463. The standard InChI is InChI=1S/C28H31ClN6/c1-19-27(18-31-35(19)23-7-8-23)33-28-30-17-22-15-25(29)24(16-26(22)32-28)21-10-13-34(14-11-21)12-9-20-5-3-2-4-6-20/h2-6,15-18,21,23H,7-14H2,1H3,(H,30,32,33). The van der Waals surface area contributed by atoms with E-state index in [1.165, 1.54) is 24.0 Å². The normalized spacial score (nSPS) is 17.2. The number of likely N-dealkylation sites (tertiary alicyclic amines) is 1. The summed E-state index contributed by atoms with van der Waals surface area (Å²) in [6, 6.07) is 15.5. The van der Waals surface area contributed by atoms with Gasteiger partial charge in [0.1, 0.15) is 0 Å². The molecule has 4 aromatic rings. The molecule has 0 bridgehead atoms. The van der Waals surface area contributed by atoms with Gasteiger partial charge < -0.3 is 10.2 Å². The number of piperidine rings is 1. The molecule has 2 aromatic carbocycles. The van der Waals surface area contributed by atoms with Crippen LogP contribution in [0.4, 0.5) is 11.6 Å². The summed E-state index contributed by atoms with van der Waals surface area (Å²) in [5.41, 5.74) is 5.65. The average Bonchev–Trinajstić information content (AvgIpc) is 3.67. The molecule has 1 N–H and O–H groups in total. The first-order chi connectivity index (χ1) is 17.1. The maximum absolute atomic E-state index is 6.75. The molecule has 2 aromatic heterocycles. The van der Waals surface area contributed by atoms with E-state index in [-0.39, 0.29) is 0 Å². The molecule has 0 spiro atoms. The van der Waals surface area contributed by atoms with Crippen LogP contribution >= 0.6 is 11.6 Å². The van der Waals surface area contributed by atoms with Crippen molar-refractivity contribution < 1.29 is 0 Å². The maximum Gasteiger partial charge on any atom is 0.227 e. The summed E-state index contributed by atoms with van der Waals surface area (Å²) in [7, 11) is 0. The molecule has 0 unspecified atom stereocenters. The van der Waals surface area contributed by atoms with Crippen molar-refractivity contribution in [3.8, 4) is 0 Å². The third-order valence-corrected chi connectivity index (χ3v) is 7.80. The molecule has 3 heterocycles. The van der Waals surface area contributed by atoms with E-state index in [9.17, 15) is 0 Å². The first-order valence-electron chi connectivity index (χ1n) is 12.7. The third-order valence-electron chi connectivity index (χ3n) is 7.47. The molecule has 7 heteroatoms. The number of nitrogens with zero attached hydrogens (tertiary/aromatic N) is 5. The van der Waals surface area contributed by atoms with Crippen LogP contribution in [0, 0.1) is 6.92 Å². The first-order valence-corrected chi connectivity index (χ1v) is 13.1. The van der Waals surface area contributed by atoms with Crippen molar-refractivity contribution in [1.29, 1.82) is 0 Å². The number of rotatable bonds is 7. The molecule has 1 aliphatic heterocycles. The van der Waals surface area contributed by atoms with E-state index in [0.29, 0.717) is 17.9 Å². The monoisotopic (exact) mass is 486 g/mol. The Labute approximate surface area is 211 Å². The number of hydrogen-bond donors (Lipinski definition) is 1. The van der Waals surface area contributed by atoms with E-state index in [2.05, 4.69) is 68.3 Å². The van der Waals surface area contributed by atoms with E-state index in [1.807, 2.05) is 18.5 Å². The van der Waals surface area contributed by atoms with E-state index in [4.69, 9.17) is 16.6 Å². The van der Waals surface area contributed by atoms with Gasteiger partial charge in [-0.05, 0) is 81.3 Å². The van der Waals surface area contributed by atoms with E-state index in [1.54, 1.807) is 0 Å². The molecular weight excluding hydrogens is 456 g/mol. The van der Waals surface area contributed by atoms with Crippen LogP contribution in [-0.2, 0) is 6.42 Å². The van der Waals surface area contributed by atoms with Crippen LogP contribution in [0.3, 0.4) is 0 Å². The molecule has 180 valence electrons. The molecule has 1 saturated heterocycles. The smallest absolute Gasteiger partial charge is 0.227 e. The van der Waals surface area contributed by atoms with Crippen molar-refractivity contribution in [2.75, 3.05) is 25.0 Å². The van der Waals surface area contributed by atoms with Gasteiger partial charge in [0.25, 0.3) is 0 Å². The minimum Gasteiger partial charge on any atom is -0.321 e. The summed E-state index contributed by atoms with van der Waals surface area (Å²) in [6.07, 6.45) is 9.50. The lowest BCUT2D eigenvalue weighted by Crippen LogP contribution is -2.34. The summed E-state index contributed by atoms with van der Waals surface area (Å²) < 4.78 is 2.10. The Balaban J connectivity index is 1.14. The van der Waals surface area contributed by atoms with Crippen molar-refractivity contribution in [3.63, 3.8) is 0 Å². The quantitative estimate of drug-likeness (QED) is 0.332. The van der Waals surface area contributed by atoms with Crippen LogP contribution < -0.4 is 5.32 Å². The highest BCUT2D eigenvalue weighted by atomic mass is 35.5. The van der Waals surface area contributed by atoms with Crippen LogP contribution in [-0.4, -0.2) is 44.3 Å². The lowest BCUT2D eigenvalue weighted by molar-refractivity contribution is 0.214. The van der Waals surface area contributed by atoms with Crippen molar-refractivity contribution in [2.45, 2.75) is 51.0 Å². The molecule has 0 radical (unpaired) electrons. The highest BCUT2D eigenvalue weighted by molar-refractivity contribution is 6.32. The average molecular weight is 487 g/mol. The molecule has 1 saturated carbocycles. The van der Waals surface area contributed by atoms with Crippen molar-refractivity contribution in [1.82, 2.24) is 24.6 Å². The fourth-order valence-corrected chi connectivity index (χ4v) is 5.52. The van der Waals surface area contributed by atoms with E-state index < -0.39 is 0 Å². The first kappa shape index (κ1) is 22.5. The SMILES string of the molecule is Cc1c(Nc2ncc3cc(Cl)c(C4CCN(CCc5ccccc5)CC4)cc3n2)cnn1C1CC1. The highest BCUT2D eigenvalue weighted by Crippen LogP contribution is 2.37. The van der Waals surface area contributed by atoms with Crippen molar-refractivity contribution >= 4 is 34.1 Å². The summed E-state index contributed by atoms with van der Waals surface area (Å²) in [6.45, 7) is 5.42. The van der Waals surface area contributed by atoms with Gasteiger partial charge in [0.2, 0.25) is 5.95 Å². The predicted molar refractivity (Wildman–Crippen MR) is 142 cm³/mol. The molecule has 2 fully saturated rings. The number of benzene rings is 2. The summed E-state index contributed by atoms with van der Waals surface area (Å²) >= 11 is 6.75. The lowest BCUT2D eigenvalue weighted by atomic mass is 9.88. The Morgan fingerprint density at radius 3 is 2.60 bits per heavy atom. The molecule has 6 nitrogen and oxygen atoms in total. The van der Waals surface area contributed by atoms with Gasteiger partial charge in [-0.1, -0.05) is 41.9 Å². The predicted octanol–water partition coefficient (Wildman–Crippen LogP) is 6.29. The fraction of sp³-hybridized carbons (Fsp3) is 0.393. The topological polar surface area (TPSA) is 58.9 Å². The summed E-state index contributed by atoms with van der Waals surface area (Å²) in [4.78, 5) is 11.9. The number of anilines is 2. The Bertz CT molecular complexity index is 1320. The van der Waals surface area contributed by atoms with Gasteiger partial charge in [-0.3, -0.25) is 4.68 Å². The Hall–Kier alpha value is -2.96. The second kappa shape index (κ2) is 9.59. The van der Waals surface area contributed by atoms with Crippen LogP contribution in [0.15, 0.2) is 54.9 Å². The molecule has 35 heavy (non-hydrogen) atoms. The number of hydrogen-bond acceptors (Lipinski definition) is 5. The van der Waals surface area contributed by atoms with Gasteiger partial charge in [0, 0.05) is 23.2 Å². The van der Waals surface area contributed by atoms with Crippen LogP contribution in [0.25, 0.3) is 10.9 Å². The lowest BCUT2D eigenvalue weighted by Gasteiger charge is -2.32. The maximum atomic E-state index is 6.75. The number of fused-ring (bicyclic) bond motifs is 1. The zero-order valence-electron chi connectivity index (χ0n) is 20.1. The Morgan fingerprint density at radius 1 is 1.03 bits per heavy atom. The number of aromatic nitrogens is 4. The molecule has 1 aliphatic carbocycles. The van der Waals surface area contributed by atoms with Crippen LogP contribution in [0.1, 0.15) is 54.5 Å². The second-order valence-corrected chi connectivity index (χ2v) is 10.3. The van der Waals surface area contributed by atoms with Gasteiger partial charge in [-0.2, -0.15) is 5.10 Å². The van der Waals surface area contributed by atoms with E-state index in [0.717, 1.165) is 66.2 Å². The van der Waals surface area contributed by atoms with Gasteiger partial charge >= 0.3 is 0 Å².